The van der Waals surface area contributed by atoms with Gasteiger partial charge in [0.2, 0.25) is 5.91 Å². The molecule has 3 rings (SSSR count). The Hall–Kier alpha value is -2.65. The van der Waals surface area contributed by atoms with E-state index in [4.69, 9.17) is 4.74 Å². The summed E-state index contributed by atoms with van der Waals surface area (Å²) in [5, 5.41) is 17.1. The smallest absolute Gasteiger partial charge is 0.410 e. The summed E-state index contributed by atoms with van der Waals surface area (Å²) < 4.78 is 6.39. The van der Waals surface area contributed by atoms with Crippen molar-refractivity contribution in [1.29, 1.82) is 0 Å². The summed E-state index contributed by atoms with van der Waals surface area (Å²) in [4.78, 5) is 40.2. The summed E-state index contributed by atoms with van der Waals surface area (Å²) in [6.45, 7) is 10.0. The van der Waals surface area contributed by atoms with Crippen LogP contribution in [0.2, 0.25) is 0 Å². The molecule has 0 bridgehead atoms. The van der Waals surface area contributed by atoms with Gasteiger partial charge >= 0.3 is 6.09 Å². The number of carbonyl (C=O) groups is 3. The van der Waals surface area contributed by atoms with Gasteiger partial charge in [0.1, 0.15) is 11.6 Å². The molecule has 0 unspecified atom stereocenters. The second-order valence-electron chi connectivity index (χ2n) is 10.3. The number of ether oxygens (including phenoxy) is 1. The Balaban J connectivity index is 1.58. The minimum absolute atomic E-state index is 0.160. The van der Waals surface area contributed by atoms with Crippen LogP contribution in [0.3, 0.4) is 0 Å². The van der Waals surface area contributed by atoms with Gasteiger partial charge in [-0.25, -0.2) is 4.79 Å². The van der Waals surface area contributed by atoms with Gasteiger partial charge in [0.25, 0.3) is 5.91 Å². The predicted octanol–water partition coefficient (Wildman–Crippen LogP) is 3.39. The van der Waals surface area contributed by atoms with Crippen LogP contribution in [0.25, 0.3) is 10.1 Å². The largest absolute Gasteiger partial charge is 0.444 e. The summed E-state index contributed by atoms with van der Waals surface area (Å²) in [5.74, 6) is -0.697. The number of β-amino-alcohol motifs (C(OH)–C–C–N with tert-alkyl or cyclic N) is 1. The lowest BCUT2D eigenvalue weighted by molar-refractivity contribution is -0.123. The lowest BCUT2D eigenvalue weighted by atomic mass is 10.0. The first-order chi connectivity index (χ1) is 15.9. The summed E-state index contributed by atoms with van der Waals surface area (Å²) in [6.07, 6.45) is -0.752. The number of hydrogen-bond donors (Lipinski definition) is 3. The molecule has 0 radical (unpaired) electrons. The molecule has 8 nitrogen and oxygen atoms in total. The van der Waals surface area contributed by atoms with Gasteiger partial charge in [-0.2, -0.15) is 0 Å². The molecule has 0 spiro atoms. The Kier molecular flexibility index (Phi) is 8.20. The molecule has 3 amide bonds. The number of aliphatic hydroxyl groups is 1. The standard InChI is InChI=1S/C25H35N3O5S/c1-15(2)10-18(27-23(31)21-11-16-8-6-7-9-20(16)34-21)22(30)26-12-17-13-28(14-19(17)29)24(32)33-25(3,4)5/h6-9,11,15,17-19,29H,10,12-14H2,1-5H3,(H,26,30)(H,27,31)/t17-,18+,19+/m1/s1. The third-order valence-electron chi connectivity index (χ3n) is 5.57. The number of likely N-dealkylation sites (tertiary alicyclic amines) is 1. The Bertz CT molecular complexity index is 996. The molecular weight excluding hydrogens is 454 g/mol. The lowest BCUT2D eigenvalue weighted by Gasteiger charge is -2.24. The maximum absolute atomic E-state index is 13.0. The topological polar surface area (TPSA) is 108 Å². The number of carbonyl (C=O) groups excluding carboxylic acids is 3. The lowest BCUT2D eigenvalue weighted by Crippen LogP contribution is -2.49. The average molecular weight is 490 g/mol. The number of rotatable bonds is 7. The molecule has 2 heterocycles. The van der Waals surface area contributed by atoms with E-state index in [2.05, 4.69) is 10.6 Å². The zero-order valence-corrected chi connectivity index (χ0v) is 21.3. The number of aliphatic hydroxyl groups excluding tert-OH is 1. The first-order valence-corrected chi connectivity index (χ1v) is 12.5. The molecule has 2 aromatic rings. The highest BCUT2D eigenvalue weighted by Gasteiger charge is 2.36. The number of nitrogens with one attached hydrogen (secondary N) is 2. The van der Waals surface area contributed by atoms with Crippen molar-refractivity contribution in [1.82, 2.24) is 15.5 Å². The van der Waals surface area contributed by atoms with Crippen molar-refractivity contribution in [3.05, 3.63) is 35.2 Å². The van der Waals surface area contributed by atoms with E-state index in [0.717, 1.165) is 10.1 Å². The van der Waals surface area contributed by atoms with Crippen molar-refractivity contribution in [2.75, 3.05) is 19.6 Å². The molecular formula is C25H35N3O5S. The molecule has 9 heteroatoms. The molecule has 1 aliphatic heterocycles. The number of thiophene rings is 1. The van der Waals surface area contributed by atoms with Gasteiger partial charge in [-0.1, -0.05) is 32.0 Å². The van der Waals surface area contributed by atoms with E-state index in [1.165, 1.54) is 16.2 Å². The number of amides is 3. The molecule has 1 aromatic carbocycles. The fraction of sp³-hybridized carbons (Fsp3) is 0.560. The van der Waals surface area contributed by atoms with Gasteiger partial charge in [0, 0.05) is 23.7 Å². The Morgan fingerprint density at radius 2 is 1.91 bits per heavy atom. The van der Waals surface area contributed by atoms with Crippen LogP contribution in [0.4, 0.5) is 4.79 Å². The van der Waals surface area contributed by atoms with Crippen molar-refractivity contribution in [2.24, 2.45) is 11.8 Å². The number of nitrogens with zero attached hydrogens (tertiary/aromatic N) is 1. The third-order valence-corrected chi connectivity index (χ3v) is 6.69. The van der Waals surface area contributed by atoms with Crippen molar-refractivity contribution >= 4 is 39.3 Å². The maximum atomic E-state index is 13.0. The van der Waals surface area contributed by atoms with E-state index in [9.17, 15) is 19.5 Å². The Labute approximate surface area is 204 Å². The highest BCUT2D eigenvalue weighted by atomic mass is 32.1. The molecule has 1 saturated heterocycles. The summed E-state index contributed by atoms with van der Waals surface area (Å²) in [6, 6.07) is 8.90. The number of benzene rings is 1. The van der Waals surface area contributed by atoms with Crippen molar-refractivity contribution in [2.45, 2.75) is 58.8 Å². The van der Waals surface area contributed by atoms with Gasteiger partial charge in [-0.3, -0.25) is 9.59 Å². The van der Waals surface area contributed by atoms with Gasteiger partial charge in [0.05, 0.1) is 17.5 Å². The quantitative estimate of drug-likeness (QED) is 0.553. The van der Waals surface area contributed by atoms with E-state index in [1.807, 2.05) is 44.2 Å². The number of fused-ring (bicyclic) bond motifs is 1. The summed E-state index contributed by atoms with van der Waals surface area (Å²) in [5.41, 5.74) is -0.620. The van der Waals surface area contributed by atoms with E-state index in [0.29, 0.717) is 17.8 Å². The number of hydrogen-bond acceptors (Lipinski definition) is 6. The predicted molar refractivity (Wildman–Crippen MR) is 133 cm³/mol. The molecule has 1 fully saturated rings. The van der Waals surface area contributed by atoms with Crippen molar-refractivity contribution in [3.63, 3.8) is 0 Å². The van der Waals surface area contributed by atoms with Crippen LogP contribution in [0.1, 0.15) is 50.7 Å². The van der Waals surface area contributed by atoms with Crippen LogP contribution < -0.4 is 10.6 Å². The molecule has 3 N–H and O–H groups in total. The van der Waals surface area contributed by atoms with Gasteiger partial charge in [-0.05, 0) is 50.6 Å². The molecule has 1 aliphatic rings. The fourth-order valence-electron chi connectivity index (χ4n) is 3.91. The maximum Gasteiger partial charge on any atom is 0.410 e. The SMILES string of the molecule is CC(C)C[C@H](NC(=O)c1cc2ccccc2s1)C(=O)NC[C@@H]1CN(C(=O)OC(C)(C)C)C[C@@H]1O. The van der Waals surface area contributed by atoms with E-state index in [-0.39, 0.29) is 36.7 Å². The molecule has 0 aliphatic carbocycles. The minimum atomic E-state index is -0.760. The van der Waals surface area contributed by atoms with Crippen LogP contribution in [0, 0.1) is 11.8 Å². The Morgan fingerprint density at radius 3 is 2.56 bits per heavy atom. The van der Waals surface area contributed by atoms with E-state index < -0.39 is 23.8 Å². The average Bonchev–Trinajstić information content (AvgIpc) is 3.33. The van der Waals surface area contributed by atoms with Crippen LogP contribution in [-0.2, 0) is 9.53 Å². The van der Waals surface area contributed by atoms with Crippen LogP contribution in [0.15, 0.2) is 30.3 Å². The molecule has 3 atom stereocenters. The first-order valence-electron chi connectivity index (χ1n) is 11.7. The highest BCUT2D eigenvalue weighted by Crippen LogP contribution is 2.25. The first kappa shape index (κ1) is 26.0. The summed E-state index contributed by atoms with van der Waals surface area (Å²) in [7, 11) is 0. The van der Waals surface area contributed by atoms with Crippen molar-refractivity contribution < 1.29 is 24.2 Å². The monoisotopic (exact) mass is 489 g/mol. The van der Waals surface area contributed by atoms with Gasteiger partial charge in [0.15, 0.2) is 0 Å². The van der Waals surface area contributed by atoms with E-state index >= 15 is 0 Å². The van der Waals surface area contributed by atoms with E-state index in [1.54, 1.807) is 20.8 Å². The van der Waals surface area contributed by atoms with Gasteiger partial charge in [-0.15, -0.1) is 11.3 Å². The molecule has 186 valence electrons. The molecule has 34 heavy (non-hydrogen) atoms. The van der Waals surface area contributed by atoms with Crippen LogP contribution in [-0.4, -0.2) is 65.3 Å². The van der Waals surface area contributed by atoms with Gasteiger partial charge < -0.3 is 25.4 Å². The van der Waals surface area contributed by atoms with Crippen LogP contribution >= 0.6 is 11.3 Å². The molecule has 0 saturated carbocycles. The minimum Gasteiger partial charge on any atom is -0.444 e. The van der Waals surface area contributed by atoms with Crippen LogP contribution in [0.5, 0.6) is 0 Å². The normalized spacial score (nSPS) is 19.3. The van der Waals surface area contributed by atoms with Crippen molar-refractivity contribution in [3.8, 4) is 0 Å². The zero-order valence-electron chi connectivity index (χ0n) is 20.5. The second kappa shape index (κ2) is 10.7. The molecule has 1 aromatic heterocycles. The fourth-order valence-corrected chi connectivity index (χ4v) is 4.88. The second-order valence-corrected chi connectivity index (χ2v) is 11.3. The zero-order chi connectivity index (χ0) is 25.0. The highest BCUT2D eigenvalue weighted by molar-refractivity contribution is 7.20. The third kappa shape index (κ3) is 6.93. The Morgan fingerprint density at radius 1 is 1.21 bits per heavy atom. The summed E-state index contributed by atoms with van der Waals surface area (Å²) >= 11 is 1.39.